The van der Waals surface area contributed by atoms with Crippen LogP contribution in [0, 0.1) is 6.92 Å². The van der Waals surface area contributed by atoms with Crippen LogP contribution in [0.25, 0.3) is 10.6 Å². The molecule has 11 heteroatoms. The monoisotopic (exact) mass is 455 g/mol. The first-order valence-corrected chi connectivity index (χ1v) is 10.9. The van der Waals surface area contributed by atoms with Gasteiger partial charge in [0.05, 0.1) is 22.6 Å². The van der Waals surface area contributed by atoms with E-state index in [1.807, 2.05) is 0 Å². The molecule has 30 heavy (non-hydrogen) atoms. The number of nitrogens with zero attached hydrogens (tertiary/aromatic N) is 1. The Bertz CT molecular complexity index is 1190. The van der Waals surface area contributed by atoms with E-state index in [4.69, 9.17) is 5.14 Å². The summed E-state index contributed by atoms with van der Waals surface area (Å²) in [5, 5.41) is 9.87. The minimum absolute atomic E-state index is 0.0847. The normalized spacial score (nSPS) is 12.0. The third-order valence-corrected chi connectivity index (χ3v) is 6.12. The van der Waals surface area contributed by atoms with Crippen LogP contribution < -0.4 is 10.5 Å². The molecule has 1 aromatic heterocycles. The van der Waals surface area contributed by atoms with Gasteiger partial charge in [0.15, 0.2) is 0 Å². The van der Waals surface area contributed by atoms with E-state index in [1.165, 1.54) is 35.6 Å². The minimum Gasteiger partial charge on any atom is -0.326 e. The standard InChI is InChI=1S/C19H16F3N3O3S2/c1-11-2-7-14(8-16(11)30(23,27)28)24-17(26)9-15-10-29-18(25-15)12-3-5-13(6-4-12)19(20,21)22/h2-8,10H,9H2,1H3,(H,24,26)(H2,23,27,28). The fraction of sp³-hybridized carbons (Fsp3) is 0.158. The van der Waals surface area contributed by atoms with Crippen LogP contribution in [0.4, 0.5) is 18.9 Å². The number of carbonyl (C=O) groups is 1. The number of aryl methyl sites for hydroxylation is 1. The van der Waals surface area contributed by atoms with Crippen molar-refractivity contribution in [3.63, 3.8) is 0 Å². The predicted molar refractivity (Wildman–Crippen MR) is 107 cm³/mol. The lowest BCUT2D eigenvalue weighted by Crippen LogP contribution is -2.17. The molecule has 0 saturated carbocycles. The number of primary sulfonamides is 1. The van der Waals surface area contributed by atoms with Gasteiger partial charge < -0.3 is 5.32 Å². The van der Waals surface area contributed by atoms with Crippen molar-refractivity contribution in [2.75, 3.05) is 5.32 Å². The number of benzene rings is 2. The van der Waals surface area contributed by atoms with Crippen molar-refractivity contribution < 1.29 is 26.4 Å². The molecule has 2 aromatic carbocycles. The maximum absolute atomic E-state index is 12.7. The number of carbonyl (C=O) groups excluding carboxylic acids is 1. The molecule has 3 aromatic rings. The van der Waals surface area contributed by atoms with Crippen molar-refractivity contribution in [2.24, 2.45) is 5.14 Å². The average Bonchev–Trinajstić information content (AvgIpc) is 3.10. The third-order valence-electron chi connectivity index (χ3n) is 4.13. The molecule has 0 aliphatic heterocycles. The number of thiazole rings is 1. The molecule has 3 N–H and O–H groups in total. The van der Waals surface area contributed by atoms with Crippen molar-refractivity contribution in [1.82, 2.24) is 4.98 Å². The molecule has 1 heterocycles. The number of nitrogens with one attached hydrogen (secondary N) is 1. The number of nitrogens with two attached hydrogens (primary N) is 1. The first-order chi connectivity index (χ1) is 13.9. The summed E-state index contributed by atoms with van der Waals surface area (Å²) in [6, 6.07) is 8.96. The Kier molecular flexibility index (Phi) is 5.97. The van der Waals surface area contributed by atoms with Crippen LogP contribution in [0.2, 0.25) is 0 Å². The van der Waals surface area contributed by atoms with Gasteiger partial charge >= 0.3 is 6.18 Å². The summed E-state index contributed by atoms with van der Waals surface area (Å²) in [6.07, 6.45) is -4.50. The predicted octanol–water partition coefficient (Wildman–Crippen LogP) is 3.97. The highest BCUT2D eigenvalue weighted by molar-refractivity contribution is 7.89. The lowest BCUT2D eigenvalue weighted by Gasteiger charge is -2.08. The Labute approximate surface area is 174 Å². The van der Waals surface area contributed by atoms with Gasteiger partial charge in [0.25, 0.3) is 0 Å². The molecule has 0 saturated heterocycles. The molecule has 6 nitrogen and oxygen atoms in total. The van der Waals surface area contributed by atoms with E-state index in [2.05, 4.69) is 10.3 Å². The number of alkyl halides is 3. The van der Waals surface area contributed by atoms with Crippen LogP contribution in [0.5, 0.6) is 0 Å². The summed E-state index contributed by atoms with van der Waals surface area (Å²) in [7, 11) is -3.92. The van der Waals surface area contributed by atoms with Crippen LogP contribution in [0.1, 0.15) is 16.8 Å². The summed E-state index contributed by atoms with van der Waals surface area (Å²) in [5.74, 6) is -0.427. The fourth-order valence-corrected chi connectivity index (χ4v) is 4.31. The number of rotatable bonds is 5. The fourth-order valence-electron chi connectivity index (χ4n) is 2.68. The van der Waals surface area contributed by atoms with Gasteiger partial charge in [-0.2, -0.15) is 13.2 Å². The van der Waals surface area contributed by atoms with E-state index in [1.54, 1.807) is 18.4 Å². The van der Waals surface area contributed by atoms with Crippen molar-refractivity contribution >= 4 is 33.0 Å². The molecule has 0 unspecified atom stereocenters. The van der Waals surface area contributed by atoms with Gasteiger partial charge in [-0.25, -0.2) is 18.5 Å². The summed E-state index contributed by atoms with van der Waals surface area (Å²) >= 11 is 1.20. The molecule has 0 bridgehead atoms. The SMILES string of the molecule is Cc1ccc(NC(=O)Cc2csc(-c3ccc(C(F)(F)F)cc3)n2)cc1S(N)(=O)=O. The van der Waals surface area contributed by atoms with Gasteiger partial charge in [0, 0.05) is 16.6 Å². The van der Waals surface area contributed by atoms with Crippen molar-refractivity contribution in [3.8, 4) is 10.6 Å². The maximum atomic E-state index is 12.7. The number of halogens is 3. The molecular weight excluding hydrogens is 439 g/mol. The third kappa shape index (κ3) is 5.23. The zero-order valence-corrected chi connectivity index (χ0v) is 17.2. The van der Waals surface area contributed by atoms with Crippen LogP contribution in [0.3, 0.4) is 0 Å². The van der Waals surface area contributed by atoms with E-state index >= 15 is 0 Å². The van der Waals surface area contributed by atoms with Crippen molar-refractivity contribution in [2.45, 2.75) is 24.4 Å². The average molecular weight is 455 g/mol. The van der Waals surface area contributed by atoms with Crippen molar-refractivity contribution in [3.05, 3.63) is 64.7 Å². The zero-order valence-electron chi connectivity index (χ0n) is 15.5. The molecular formula is C19H16F3N3O3S2. The van der Waals surface area contributed by atoms with E-state index < -0.39 is 27.7 Å². The highest BCUT2D eigenvalue weighted by Crippen LogP contribution is 2.31. The highest BCUT2D eigenvalue weighted by atomic mass is 32.2. The van der Waals surface area contributed by atoms with Crippen LogP contribution in [-0.4, -0.2) is 19.3 Å². The van der Waals surface area contributed by atoms with Crippen LogP contribution >= 0.6 is 11.3 Å². The van der Waals surface area contributed by atoms with Crippen molar-refractivity contribution in [1.29, 1.82) is 0 Å². The molecule has 0 atom stereocenters. The van der Waals surface area contributed by atoms with E-state index in [0.29, 0.717) is 21.8 Å². The molecule has 0 fully saturated rings. The second-order valence-corrected chi connectivity index (χ2v) is 8.86. The lowest BCUT2D eigenvalue weighted by atomic mass is 10.1. The second-order valence-electron chi connectivity index (χ2n) is 6.47. The summed E-state index contributed by atoms with van der Waals surface area (Å²) in [4.78, 5) is 16.5. The van der Waals surface area contributed by atoms with E-state index in [9.17, 15) is 26.4 Å². The van der Waals surface area contributed by atoms with Gasteiger partial charge in [-0.15, -0.1) is 11.3 Å². The Balaban J connectivity index is 1.70. The first-order valence-electron chi connectivity index (χ1n) is 8.49. The first kappa shape index (κ1) is 21.9. The molecule has 1 amide bonds. The quantitative estimate of drug-likeness (QED) is 0.608. The van der Waals surface area contributed by atoms with Crippen LogP contribution in [-0.2, 0) is 27.4 Å². The number of anilines is 1. The largest absolute Gasteiger partial charge is 0.416 e. The molecule has 3 rings (SSSR count). The second kappa shape index (κ2) is 8.17. The molecule has 0 radical (unpaired) electrons. The molecule has 158 valence electrons. The molecule has 0 aliphatic rings. The van der Waals surface area contributed by atoms with Crippen LogP contribution in [0.15, 0.2) is 52.7 Å². The van der Waals surface area contributed by atoms with Gasteiger partial charge in [0.2, 0.25) is 15.9 Å². The minimum atomic E-state index is -4.41. The Morgan fingerprint density at radius 1 is 1.17 bits per heavy atom. The summed E-state index contributed by atoms with van der Waals surface area (Å²) in [6.45, 7) is 1.59. The summed E-state index contributed by atoms with van der Waals surface area (Å²) < 4.78 is 61.2. The zero-order chi connectivity index (χ0) is 22.1. The summed E-state index contributed by atoms with van der Waals surface area (Å²) in [5.41, 5.74) is 0.922. The number of hydrogen-bond acceptors (Lipinski definition) is 5. The van der Waals surface area contributed by atoms with E-state index in [0.717, 1.165) is 12.1 Å². The number of amides is 1. The van der Waals surface area contributed by atoms with Gasteiger partial charge in [-0.05, 0) is 36.8 Å². The highest BCUT2D eigenvalue weighted by Gasteiger charge is 2.30. The number of hydrogen-bond donors (Lipinski definition) is 2. The van der Waals surface area contributed by atoms with Gasteiger partial charge in [-0.3, -0.25) is 4.79 Å². The lowest BCUT2D eigenvalue weighted by molar-refractivity contribution is -0.137. The Hall–Kier alpha value is -2.76. The molecule has 0 aliphatic carbocycles. The topological polar surface area (TPSA) is 102 Å². The van der Waals surface area contributed by atoms with E-state index in [-0.39, 0.29) is 17.0 Å². The Morgan fingerprint density at radius 3 is 2.43 bits per heavy atom. The van der Waals surface area contributed by atoms with Gasteiger partial charge in [0.1, 0.15) is 5.01 Å². The maximum Gasteiger partial charge on any atom is 0.416 e. The number of sulfonamides is 1. The molecule has 0 spiro atoms. The number of aromatic nitrogens is 1. The van der Waals surface area contributed by atoms with Gasteiger partial charge in [-0.1, -0.05) is 18.2 Å². The Morgan fingerprint density at radius 2 is 1.83 bits per heavy atom. The smallest absolute Gasteiger partial charge is 0.326 e.